The number of anilines is 12. The average Bonchev–Trinajstić information content (AvgIpc) is 0.843. The molecular weight excluding hydrogens is 1190 g/mol. The molecule has 498 valence electrons. The van der Waals surface area contributed by atoms with Gasteiger partial charge in [0.1, 0.15) is 0 Å². The van der Waals surface area contributed by atoms with E-state index < -0.39 is 0 Å². The van der Waals surface area contributed by atoms with Crippen LogP contribution in [0.5, 0.6) is 0 Å². The number of allylic oxidation sites excluding steroid dienone is 4. The fourth-order valence-electron chi connectivity index (χ4n) is 9.95. The van der Waals surface area contributed by atoms with Gasteiger partial charge in [-0.1, -0.05) is 255 Å². The number of Topliss-reactive ketones (excluding diaryl/α,β-unsaturated/α-hetero) is 1. The van der Waals surface area contributed by atoms with E-state index in [1.807, 2.05) is 20.8 Å². The molecule has 0 aliphatic rings. The van der Waals surface area contributed by atoms with Crippen molar-refractivity contribution in [3.63, 3.8) is 0 Å². The van der Waals surface area contributed by atoms with Crippen LogP contribution in [0.3, 0.4) is 0 Å². The van der Waals surface area contributed by atoms with Crippen molar-refractivity contribution in [2.45, 2.75) is 75.7 Å². The summed E-state index contributed by atoms with van der Waals surface area (Å²) >= 11 is 0. The SMILES string of the molecule is CC(=O)C(C)=C(C)C.CC(C)=C(C)C.CCC.c1ccc(N(CN(c2ccccc2)c2ccccc2)c2ccccc2)cc1.c1ccc(N(CN(c2ccccc2)c2ccccc2)c2ccccc2)cc1.c1ccc(N(CN(c2ccccc2)c2ccccc2)c2ccccc2)cc1. The first-order valence-corrected chi connectivity index (χ1v) is 33.9. The zero-order valence-corrected chi connectivity index (χ0v) is 59.1. The number of para-hydroxylation sites is 12. The maximum Gasteiger partial charge on any atom is 0.155 e. The van der Waals surface area contributed by atoms with Gasteiger partial charge in [-0.2, -0.15) is 0 Å². The fraction of sp³-hybridized carbons (Fsp3) is 0.154. The Kier molecular flexibility index (Phi) is 31.3. The van der Waals surface area contributed by atoms with E-state index in [0.29, 0.717) is 20.0 Å². The lowest BCUT2D eigenvalue weighted by Gasteiger charge is -2.33. The molecule has 0 heterocycles. The molecule has 0 radical (unpaired) electrons. The van der Waals surface area contributed by atoms with E-state index in [0.717, 1.165) is 11.1 Å². The van der Waals surface area contributed by atoms with Gasteiger partial charge in [0.15, 0.2) is 5.78 Å². The summed E-state index contributed by atoms with van der Waals surface area (Å²) in [6.45, 7) is 22.2. The highest BCUT2D eigenvalue weighted by atomic mass is 16.1. The number of hydrogen-bond acceptors (Lipinski definition) is 7. The molecule has 0 aliphatic carbocycles. The first-order chi connectivity index (χ1) is 47.9. The number of nitrogens with zero attached hydrogens (tertiary/aromatic N) is 6. The smallest absolute Gasteiger partial charge is 0.155 e. The molecule has 7 heteroatoms. The maximum absolute atomic E-state index is 10.5. The van der Waals surface area contributed by atoms with Crippen LogP contribution in [-0.4, -0.2) is 25.8 Å². The molecule has 0 spiro atoms. The van der Waals surface area contributed by atoms with Crippen molar-refractivity contribution in [3.05, 3.63) is 386 Å². The van der Waals surface area contributed by atoms with Crippen LogP contribution in [0.4, 0.5) is 68.2 Å². The summed E-state index contributed by atoms with van der Waals surface area (Å²) in [7, 11) is 0. The Morgan fingerprint density at radius 1 is 0.194 bits per heavy atom. The lowest BCUT2D eigenvalue weighted by atomic mass is 10.1. The molecule has 12 aromatic rings. The molecule has 98 heavy (non-hydrogen) atoms. The summed E-state index contributed by atoms with van der Waals surface area (Å²) in [5, 5.41) is 0. The predicted molar refractivity (Wildman–Crippen MR) is 425 cm³/mol. The van der Waals surface area contributed by atoms with Gasteiger partial charge in [-0.15, -0.1) is 0 Å². The van der Waals surface area contributed by atoms with E-state index >= 15 is 0 Å². The Morgan fingerprint density at radius 2 is 0.296 bits per heavy atom. The Balaban J connectivity index is 0.000000185. The summed E-state index contributed by atoms with van der Waals surface area (Å²) in [4.78, 5) is 24.5. The van der Waals surface area contributed by atoms with Crippen molar-refractivity contribution in [3.8, 4) is 0 Å². The number of carbonyl (C=O) groups is 1. The number of hydrogen-bond donors (Lipinski definition) is 0. The molecule has 7 nitrogen and oxygen atoms in total. The minimum atomic E-state index is 0.171. The zero-order valence-electron chi connectivity index (χ0n) is 59.1. The molecule has 0 amide bonds. The standard InChI is InChI=1S/3C25H22N2.C7H12O.C6H12.C3H8/c3*1-5-13-22(14-6-1)26(23-15-7-2-8-16-23)21-27(24-17-9-3-10-18-24)25-19-11-4-12-20-25;1-5(2)6(3)7(4)8;1-5(2)6(3)4;1-3-2/h3*1-20H,21H2;1-4H3;1-4H3;3H2,1-2H3. The Bertz CT molecular complexity index is 3240. The molecule has 12 aromatic carbocycles. The normalized spacial score (nSPS) is 9.94. The van der Waals surface area contributed by atoms with Gasteiger partial charge in [-0.05, 0) is 207 Å². The number of rotatable bonds is 19. The van der Waals surface area contributed by atoms with Crippen LogP contribution < -0.4 is 29.4 Å². The van der Waals surface area contributed by atoms with Crippen molar-refractivity contribution in [2.75, 3.05) is 49.4 Å². The fourth-order valence-corrected chi connectivity index (χ4v) is 9.95. The maximum atomic E-state index is 10.5. The first kappa shape index (κ1) is 74.0. The van der Waals surface area contributed by atoms with Gasteiger partial charge in [-0.25, -0.2) is 0 Å². The number of benzene rings is 12. The van der Waals surface area contributed by atoms with Crippen molar-refractivity contribution < 1.29 is 4.79 Å². The molecule has 12 rings (SSSR count). The molecule has 0 saturated heterocycles. The molecule has 0 aliphatic heterocycles. The highest BCUT2D eigenvalue weighted by Gasteiger charge is 2.20. The van der Waals surface area contributed by atoms with Crippen molar-refractivity contribution in [1.82, 2.24) is 0 Å². The second kappa shape index (κ2) is 41.4. The van der Waals surface area contributed by atoms with Crippen LogP contribution >= 0.6 is 0 Å². The van der Waals surface area contributed by atoms with E-state index in [2.05, 4.69) is 435 Å². The predicted octanol–water partition coefficient (Wildman–Crippen LogP) is 25.6. The van der Waals surface area contributed by atoms with Crippen molar-refractivity contribution in [2.24, 2.45) is 0 Å². The minimum absolute atomic E-state index is 0.171. The molecule has 0 unspecified atom stereocenters. The molecule has 0 saturated carbocycles. The monoisotopic (exact) mass is 1290 g/mol. The Morgan fingerprint density at radius 3 is 0.357 bits per heavy atom. The summed E-state index contributed by atoms with van der Waals surface area (Å²) in [5.41, 5.74) is 18.8. The highest BCUT2D eigenvalue weighted by molar-refractivity contribution is 5.93. The van der Waals surface area contributed by atoms with E-state index in [4.69, 9.17) is 0 Å². The topological polar surface area (TPSA) is 36.5 Å². The van der Waals surface area contributed by atoms with Crippen LogP contribution in [0, 0.1) is 0 Å². The summed E-state index contributed by atoms with van der Waals surface area (Å²) in [5.74, 6) is 0.171. The molecule has 0 aromatic heterocycles. The van der Waals surface area contributed by atoms with Gasteiger partial charge in [-0.3, -0.25) is 4.79 Å². The molecular formula is C91H98N6O. The van der Waals surface area contributed by atoms with Gasteiger partial charge in [0.25, 0.3) is 0 Å². The molecule has 0 fully saturated rings. The van der Waals surface area contributed by atoms with Crippen molar-refractivity contribution in [1.29, 1.82) is 0 Å². The van der Waals surface area contributed by atoms with Crippen LogP contribution in [-0.2, 0) is 4.79 Å². The summed E-state index contributed by atoms with van der Waals surface area (Å²) < 4.78 is 0. The van der Waals surface area contributed by atoms with Crippen molar-refractivity contribution >= 4 is 74.0 Å². The average molecular weight is 1290 g/mol. The van der Waals surface area contributed by atoms with Gasteiger partial charge >= 0.3 is 0 Å². The molecule has 0 atom stereocenters. The largest absolute Gasteiger partial charge is 0.323 e. The zero-order chi connectivity index (χ0) is 69.5. The van der Waals surface area contributed by atoms with Crippen LogP contribution in [0.2, 0.25) is 0 Å². The van der Waals surface area contributed by atoms with Gasteiger partial charge in [0, 0.05) is 68.2 Å². The second-order valence-corrected chi connectivity index (χ2v) is 23.9. The van der Waals surface area contributed by atoms with E-state index in [1.165, 1.54) is 85.8 Å². The number of carbonyl (C=O) groups excluding carboxylic acids is 1. The lowest BCUT2D eigenvalue weighted by Crippen LogP contribution is -2.32. The van der Waals surface area contributed by atoms with E-state index in [-0.39, 0.29) is 5.78 Å². The van der Waals surface area contributed by atoms with Gasteiger partial charge in [0.05, 0.1) is 20.0 Å². The third-order valence-corrected chi connectivity index (χ3v) is 15.9. The lowest BCUT2D eigenvalue weighted by molar-refractivity contribution is -0.113. The van der Waals surface area contributed by atoms with Gasteiger partial charge in [0.2, 0.25) is 0 Å². The van der Waals surface area contributed by atoms with E-state index in [1.54, 1.807) is 6.92 Å². The third kappa shape index (κ3) is 24.1. The highest BCUT2D eigenvalue weighted by Crippen LogP contribution is 2.35. The third-order valence-electron chi connectivity index (χ3n) is 15.9. The Labute approximate surface area is 586 Å². The number of ketones is 1. The quantitative estimate of drug-likeness (QED) is 0.0454. The van der Waals surface area contributed by atoms with Gasteiger partial charge < -0.3 is 29.4 Å². The summed E-state index contributed by atoms with van der Waals surface area (Å²) in [6, 6.07) is 126. The molecule has 0 bridgehead atoms. The van der Waals surface area contributed by atoms with E-state index in [9.17, 15) is 4.79 Å². The second-order valence-electron chi connectivity index (χ2n) is 23.9. The minimum Gasteiger partial charge on any atom is -0.323 e. The first-order valence-electron chi connectivity index (χ1n) is 33.9. The molecule has 0 N–H and O–H groups in total. The van der Waals surface area contributed by atoms with Crippen LogP contribution in [0.1, 0.15) is 75.7 Å². The van der Waals surface area contributed by atoms with Crippen LogP contribution in [0.25, 0.3) is 0 Å². The Hall–Kier alpha value is -11.4. The summed E-state index contributed by atoms with van der Waals surface area (Å²) in [6.07, 6.45) is 1.25. The van der Waals surface area contributed by atoms with Crippen LogP contribution in [0.15, 0.2) is 386 Å².